The van der Waals surface area contributed by atoms with Gasteiger partial charge in [0.2, 0.25) is 0 Å². The second-order valence-corrected chi connectivity index (χ2v) is 8.70. The molecular weight excluding hydrogens is 368 g/mol. The number of aromatic amines is 1. The quantitative estimate of drug-likeness (QED) is 0.520. The van der Waals surface area contributed by atoms with Crippen LogP contribution in [0, 0.1) is 0 Å². The maximum atomic E-state index is 12.6. The van der Waals surface area contributed by atoms with Crippen LogP contribution in [-0.2, 0) is 12.0 Å². The molecule has 1 amide bonds. The summed E-state index contributed by atoms with van der Waals surface area (Å²) < 4.78 is 0. The fourth-order valence-electron chi connectivity index (χ4n) is 3.00. The smallest absolute Gasteiger partial charge is 0.268 e. The minimum atomic E-state index is -0.136. The van der Waals surface area contributed by atoms with Gasteiger partial charge in [-0.2, -0.15) is 0 Å². The van der Waals surface area contributed by atoms with Crippen molar-refractivity contribution in [1.29, 1.82) is 0 Å². The minimum absolute atomic E-state index is 0.0735. The Kier molecular flexibility index (Phi) is 4.73. The molecule has 0 aliphatic heterocycles. The first-order valence-corrected chi connectivity index (χ1v) is 10.1. The molecule has 0 bridgehead atoms. The minimum Gasteiger partial charge on any atom is -0.351 e. The zero-order chi connectivity index (χ0) is 19.7. The zero-order valence-corrected chi connectivity index (χ0v) is 16.9. The van der Waals surface area contributed by atoms with Crippen LogP contribution in [-0.4, -0.2) is 20.9 Å². The van der Waals surface area contributed by atoms with Gasteiger partial charge in [-0.15, -0.1) is 11.3 Å². The summed E-state index contributed by atoms with van der Waals surface area (Å²) in [6.45, 7) is 6.93. The first-order valence-electron chi connectivity index (χ1n) is 9.17. The van der Waals surface area contributed by atoms with E-state index in [1.165, 1.54) is 16.9 Å². The molecule has 3 aromatic heterocycles. The van der Waals surface area contributed by atoms with E-state index in [2.05, 4.69) is 53.2 Å². The highest BCUT2D eigenvalue weighted by atomic mass is 32.1. The Morgan fingerprint density at radius 2 is 2.00 bits per heavy atom. The summed E-state index contributed by atoms with van der Waals surface area (Å²) in [5.74, 6) is -0.136. The lowest BCUT2D eigenvalue weighted by molar-refractivity contribution is 0.0946. The standard InChI is InChI=1S/C22H22N4OS/c1-22(2,3)15-7-8-16-14(10-15)11-18(25-16)21(27)24-12-20-26-19(13-28-20)17-6-4-5-9-23-17/h4-11,13,25H,12H2,1-3H3,(H,24,27). The maximum Gasteiger partial charge on any atom is 0.268 e. The number of amides is 1. The van der Waals surface area contributed by atoms with Crippen molar-refractivity contribution in [2.24, 2.45) is 0 Å². The van der Waals surface area contributed by atoms with E-state index >= 15 is 0 Å². The maximum absolute atomic E-state index is 12.6. The van der Waals surface area contributed by atoms with Gasteiger partial charge in [0, 0.05) is 22.5 Å². The Labute approximate surface area is 167 Å². The van der Waals surface area contributed by atoms with Gasteiger partial charge in [0.05, 0.1) is 17.9 Å². The van der Waals surface area contributed by atoms with Crippen LogP contribution in [0.15, 0.2) is 54.0 Å². The van der Waals surface area contributed by atoms with Gasteiger partial charge in [0.15, 0.2) is 0 Å². The highest BCUT2D eigenvalue weighted by Gasteiger charge is 2.16. The van der Waals surface area contributed by atoms with Crippen molar-refractivity contribution in [3.63, 3.8) is 0 Å². The van der Waals surface area contributed by atoms with Crippen molar-refractivity contribution in [2.75, 3.05) is 0 Å². The van der Waals surface area contributed by atoms with Crippen LogP contribution in [0.5, 0.6) is 0 Å². The van der Waals surface area contributed by atoms with Crippen molar-refractivity contribution in [3.05, 3.63) is 70.3 Å². The fraction of sp³-hybridized carbons (Fsp3) is 0.227. The van der Waals surface area contributed by atoms with E-state index in [9.17, 15) is 4.79 Å². The van der Waals surface area contributed by atoms with Gasteiger partial charge in [-0.1, -0.05) is 32.9 Å². The Morgan fingerprint density at radius 1 is 1.14 bits per heavy atom. The van der Waals surface area contributed by atoms with Crippen LogP contribution in [0.25, 0.3) is 22.3 Å². The lowest BCUT2D eigenvalue weighted by atomic mass is 9.86. The molecule has 0 aliphatic carbocycles. The summed E-state index contributed by atoms with van der Waals surface area (Å²) in [4.78, 5) is 24.6. The van der Waals surface area contributed by atoms with Gasteiger partial charge in [0.25, 0.3) is 5.91 Å². The molecule has 4 rings (SSSR count). The Hall–Kier alpha value is -2.99. The van der Waals surface area contributed by atoms with Crippen molar-refractivity contribution in [2.45, 2.75) is 32.7 Å². The molecular formula is C22H22N4OS. The van der Waals surface area contributed by atoms with Gasteiger partial charge >= 0.3 is 0 Å². The molecule has 28 heavy (non-hydrogen) atoms. The number of aromatic nitrogens is 3. The van der Waals surface area contributed by atoms with E-state index in [1.54, 1.807) is 6.20 Å². The number of carbonyl (C=O) groups excluding carboxylic acids is 1. The molecule has 0 spiro atoms. The zero-order valence-electron chi connectivity index (χ0n) is 16.1. The summed E-state index contributed by atoms with van der Waals surface area (Å²) >= 11 is 1.52. The Balaban J connectivity index is 1.46. The predicted molar refractivity (Wildman–Crippen MR) is 114 cm³/mol. The molecule has 2 N–H and O–H groups in total. The van der Waals surface area contributed by atoms with E-state index in [0.717, 1.165) is 27.3 Å². The fourth-order valence-corrected chi connectivity index (χ4v) is 3.72. The molecule has 0 saturated carbocycles. The van der Waals surface area contributed by atoms with Gasteiger partial charge < -0.3 is 10.3 Å². The number of H-pyrrole nitrogens is 1. The first-order chi connectivity index (χ1) is 13.4. The molecule has 0 unspecified atom stereocenters. The largest absolute Gasteiger partial charge is 0.351 e. The highest BCUT2D eigenvalue weighted by Crippen LogP contribution is 2.26. The number of hydrogen-bond acceptors (Lipinski definition) is 4. The molecule has 0 fully saturated rings. The number of fused-ring (bicyclic) bond motifs is 1. The summed E-state index contributed by atoms with van der Waals surface area (Å²) in [6, 6.07) is 13.9. The second-order valence-electron chi connectivity index (χ2n) is 7.76. The normalized spacial score (nSPS) is 11.7. The molecule has 142 valence electrons. The number of benzene rings is 1. The third-order valence-corrected chi connectivity index (χ3v) is 5.46. The molecule has 0 saturated heterocycles. The summed E-state index contributed by atoms with van der Waals surface area (Å²) in [5, 5.41) is 6.80. The number of pyridine rings is 1. The number of rotatable bonds is 4. The average molecular weight is 391 g/mol. The molecule has 0 aliphatic rings. The van der Waals surface area contributed by atoms with Crippen LogP contribution < -0.4 is 5.32 Å². The molecule has 4 aromatic rings. The molecule has 1 aromatic carbocycles. The molecule has 0 atom stereocenters. The average Bonchev–Trinajstić information content (AvgIpc) is 3.32. The van der Waals surface area contributed by atoms with Crippen LogP contribution in [0.3, 0.4) is 0 Å². The van der Waals surface area contributed by atoms with Crippen LogP contribution in [0.2, 0.25) is 0 Å². The molecule has 3 heterocycles. The van der Waals surface area contributed by atoms with Crippen molar-refractivity contribution >= 4 is 28.1 Å². The lowest BCUT2D eigenvalue weighted by Crippen LogP contribution is -2.22. The van der Waals surface area contributed by atoms with Gasteiger partial charge in [-0.25, -0.2) is 4.98 Å². The van der Waals surface area contributed by atoms with E-state index < -0.39 is 0 Å². The summed E-state index contributed by atoms with van der Waals surface area (Å²) in [6.07, 6.45) is 1.75. The summed E-state index contributed by atoms with van der Waals surface area (Å²) in [5.41, 5.74) is 4.50. The van der Waals surface area contributed by atoms with E-state index in [-0.39, 0.29) is 11.3 Å². The number of hydrogen-bond donors (Lipinski definition) is 2. The Morgan fingerprint density at radius 3 is 2.75 bits per heavy atom. The van der Waals surface area contributed by atoms with Crippen molar-refractivity contribution in [1.82, 2.24) is 20.3 Å². The first kappa shape index (κ1) is 18.4. The number of thiazole rings is 1. The second kappa shape index (κ2) is 7.20. The van der Waals surface area contributed by atoms with Crippen LogP contribution in [0.1, 0.15) is 41.8 Å². The van der Waals surface area contributed by atoms with Gasteiger partial charge in [-0.3, -0.25) is 9.78 Å². The van der Waals surface area contributed by atoms with E-state index in [4.69, 9.17) is 0 Å². The molecule has 5 nitrogen and oxygen atoms in total. The molecule has 6 heteroatoms. The number of nitrogens with one attached hydrogen (secondary N) is 2. The van der Waals surface area contributed by atoms with Gasteiger partial charge in [0.1, 0.15) is 10.7 Å². The monoisotopic (exact) mass is 390 g/mol. The van der Waals surface area contributed by atoms with Crippen molar-refractivity contribution in [3.8, 4) is 11.4 Å². The molecule has 0 radical (unpaired) electrons. The number of nitrogens with zero attached hydrogens (tertiary/aromatic N) is 2. The lowest BCUT2D eigenvalue weighted by Gasteiger charge is -2.18. The topological polar surface area (TPSA) is 70.7 Å². The predicted octanol–water partition coefficient (Wildman–Crippen LogP) is 4.91. The summed E-state index contributed by atoms with van der Waals surface area (Å²) in [7, 11) is 0. The van der Waals surface area contributed by atoms with Gasteiger partial charge in [-0.05, 0) is 41.3 Å². The number of carbonyl (C=O) groups is 1. The Bertz CT molecular complexity index is 1120. The van der Waals surface area contributed by atoms with E-state index in [0.29, 0.717) is 12.2 Å². The van der Waals surface area contributed by atoms with Crippen LogP contribution >= 0.6 is 11.3 Å². The third-order valence-electron chi connectivity index (χ3n) is 4.61. The highest BCUT2D eigenvalue weighted by molar-refractivity contribution is 7.09. The van der Waals surface area contributed by atoms with Crippen LogP contribution in [0.4, 0.5) is 0 Å². The SMILES string of the molecule is CC(C)(C)c1ccc2[nH]c(C(=O)NCc3nc(-c4ccccn4)cs3)cc2c1. The van der Waals surface area contributed by atoms with Crippen molar-refractivity contribution < 1.29 is 4.79 Å². The third kappa shape index (κ3) is 3.82. The van der Waals surface area contributed by atoms with E-state index in [1.807, 2.05) is 35.7 Å².